The molecule has 0 heterocycles. The summed E-state index contributed by atoms with van der Waals surface area (Å²) in [5, 5.41) is -0.585. The van der Waals surface area contributed by atoms with Gasteiger partial charge in [0.15, 0.2) is 0 Å². The molecule has 0 aromatic rings. The second-order valence-electron chi connectivity index (χ2n) is 1.60. The van der Waals surface area contributed by atoms with E-state index < -0.39 is 21.1 Å². The van der Waals surface area contributed by atoms with Crippen molar-refractivity contribution in [1.29, 1.82) is 0 Å². The van der Waals surface area contributed by atoms with Gasteiger partial charge in [0.1, 0.15) is 5.21 Å². The second kappa shape index (κ2) is 3.78. The molecule has 0 aliphatic rings. The van der Waals surface area contributed by atoms with E-state index in [1.165, 1.54) is 0 Å². The Morgan fingerprint density at radius 3 is 2.40 bits per heavy atom. The van der Waals surface area contributed by atoms with Gasteiger partial charge in [-0.1, -0.05) is 6.92 Å². The summed E-state index contributed by atoms with van der Waals surface area (Å²) in [5.41, 5.74) is 0. The normalized spacial score (nSPS) is 11.0. The Hall–Kier alpha value is -0.290. The van der Waals surface area contributed by atoms with Crippen LogP contribution in [0.3, 0.4) is 0 Å². The molecule has 1 N–H and O–H groups in total. The van der Waals surface area contributed by atoms with E-state index in [2.05, 4.69) is 0 Å². The first-order valence-electron chi connectivity index (χ1n) is 2.61. The van der Waals surface area contributed by atoms with Gasteiger partial charge in [-0.3, -0.25) is 9.52 Å². The molecule has 1 amide bonds. The van der Waals surface area contributed by atoms with Crippen molar-refractivity contribution in [2.45, 2.75) is 13.3 Å². The molecule has 0 atom stereocenters. The molecule has 0 aliphatic heterocycles. The molecule has 0 saturated heterocycles. The molecule has 0 spiro atoms. The fourth-order valence-corrected chi connectivity index (χ4v) is 0.982. The zero-order chi connectivity index (χ0) is 8.20. The van der Waals surface area contributed by atoms with Gasteiger partial charge in [0, 0.05) is 6.42 Å². The minimum absolute atomic E-state index is 0.135. The summed E-state index contributed by atoms with van der Waals surface area (Å²) in [6.45, 7) is 1.55. The lowest BCUT2D eigenvalue weighted by molar-refractivity contribution is -0.119. The number of nitrogens with one attached hydrogen (secondary N) is 1. The fourth-order valence-electron chi connectivity index (χ4n) is 0.273. The van der Waals surface area contributed by atoms with Crippen LogP contribution in [0, 0.1) is 0 Å². The Morgan fingerprint density at radius 2 is 2.10 bits per heavy atom. The van der Waals surface area contributed by atoms with Gasteiger partial charge in [-0.05, 0) is 0 Å². The highest BCUT2D eigenvalue weighted by Crippen LogP contribution is 1.88. The van der Waals surface area contributed by atoms with Crippen LogP contribution in [-0.2, 0) is 14.8 Å². The largest absolute Gasteiger partial charge is 0.274 e. The molecule has 4 nitrogen and oxygen atoms in total. The zero-order valence-electron chi connectivity index (χ0n) is 5.43. The van der Waals surface area contributed by atoms with Crippen molar-refractivity contribution in [2.24, 2.45) is 0 Å². The molecule has 10 heavy (non-hydrogen) atoms. The first-order valence-corrected chi connectivity index (χ1v) is 4.79. The summed E-state index contributed by atoms with van der Waals surface area (Å²) < 4.78 is 22.8. The molecule has 0 aromatic heterocycles. The van der Waals surface area contributed by atoms with E-state index in [1.807, 2.05) is 0 Å². The number of amides is 1. The van der Waals surface area contributed by atoms with Crippen molar-refractivity contribution in [3.05, 3.63) is 0 Å². The highest BCUT2D eigenvalue weighted by Gasteiger charge is 2.09. The first-order chi connectivity index (χ1) is 4.52. The number of hydrogen-bond donors (Lipinski definition) is 1. The van der Waals surface area contributed by atoms with Gasteiger partial charge < -0.3 is 0 Å². The average Bonchev–Trinajstić information content (AvgIpc) is 1.87. The number of rotatable bonds is 3. The van der Waals surface area contributed by atoms with Crippen LogP contribution in [-0.4, -0.2) is 19.5 Å². The van der Waals surface area contributed by atoms with Crippen molar-refractivity contribution < 1.29 is 13.2 Å². The minimum atomic E-state index is -3.56. The van der Waals surface area contributed by atoms with E-state index in [0.717, 1.165) is 0 Å². The van der Waals surface area contributed by atoms with Crippen LogP contribution >= 0.6 is 11.6 Å². The van der Waals surface area contributed by atoms with E-state index >= 15 is 0 Å². The Kier molecular flexibility index (Phi) is 3.67. The third-order valence-corrected chi connectivity index (χ3v) is 2.42. The topological polar surface area (TPSA) is 63.2 Å². The maximum absolute atomic E-state index is 10.5. The Balaban J connectivity index is 4.03. The molecule has 6 heteroatoms. The highest BCUT2D eigenvalue weighted by molar-refractivity contribution is 7.91. The second-order valence-corrected chi connectivity index (χ2v) is 3.91. The predicted molar refractivity (Wildman–Crippen MR) is 38.1 cm³/mol. The van der Waals surface area contributed by atoms with E-state index in [-0.39, 0.29) is 6.42 Å². The molecule has 0 radical (unpaired) electrons. The standard InChI is InChI=1S/C4H8ClNO3S/c1-2-4(7)6-10(8,9)3-5/h2-3H2,1H3,(H,6,7). The quantitative estimate of drug-likeness (QED) is 0.632. The minimum Gasteiger partial charge on any atom is -0.274 e. The number of carbonyl (C=O) groups excluding carboxylic acids is 1. The van der Waals surface area contributed by atoms with Gasteiger partial charge >= 0.3 is 0 Å². The van der Waals surface area contributed by atoms with Crippen molar-refractivity contribution in [1.82, 2.24) is 4.72 Å². The summed E-state index contributed by atoms with van der Waals surface area (Å²) in [4.78, 5) is 10.4. The molecular formula is C4H8ClNO3S. The Bertz CT molecular complexity index is 211. The van der Waals surface area contributed by atoms with Crippen molar-refractivity contribution >= 4 is 27.5 Å². The Morgan fingerprint density at radius 1 is 1.60 bits per heavy atom. The molecule has 0 aromatic carbocycles. The fraction of sp³-hybridized carbons (Fsp3) is 0.750. The smallest absolute Gasteiger partial charge is 0.248 e. The van der Waals surface area contributed by atoms with Gasteiger partial charge in [0.25, 0.3) is 0 Å². The number of halogens is 1. The van der Waals surface area contributed by atoms with E-state index in [9.17, 15) is 13.2 Å². The SMILES string of the molecule is CCC(=O)NS(=O)(=O)CCl. The van der Waals surface area contributed by atoms with Crippen molar-refractivity contribution in [3.63, 3.8) is 0 Å². The summed E-state index contributed by atoms with van der Waals surface area (Å²) in [6.07, 6.45) is 0.135. The number of alkyl halides is 1. The molecule has 0 rings (SSSR count). The molecule has 0 unspecified atom stereocenters. The summed E-state index contributed by atoms with van der Waals surface area (Å²) in [5.74, 6) is -0.541. The van der Waals surface area contributed by atoms with Gasteiger partial charge in [0.2, 0.25) is 15.9 Å². The van der Waals surface area contributed by atoms with Crippen LogP contribution in [0.1, 0.15) is 13.3 Å². The number of hydrogen-bond acceptors (Lipinski definition) is 3. The highest BCUT2D eigenvalue weighted by atomic mass is 35.5. The lowest BCUT2D eigenvalue weighted by Crippen LogP contribution is -2.30. The van der Waals surface area contributed by atoms with Crippen LogP contribution in [0.15, 0.2) is 0 Å². The summed E-state index contributed by atoms with van der Waals surface area (Å²) in [7, 11) is -3.56. The van der Waals surface area contributed by atoms with Crippen LogP contribution in [0.5, 0.6) is 0 Å². The predicted octanol–water partition coefficient (Wildman–Crippen LogP) is 0.0387. The average molecular weight is 186 g/mol. The number of carbonyl (C=O) groups is 1. The molecule has 0 bridgehead atoms. The van der Waals surface area contributed by atoms with Gasteiger partial charge in [-0.25, -0.2) is 8.42 Å². The maximum Gasteiger partial charge on any atom is 0.248 e. The maximum atomic E-state index is 10.5. The van der Waals surface area contributed by atoms with E-state index in [4.69, 9.17) is 11.6 Å². The molecule has 0 aliphatic carbocycles. The van der Waals surface area contributed by atoms with Crippen LogP contribution in [0.25, 0.3) is 0 Å². The summed E-state index contributed by atoms with van der Waals surface area (Å²) >= 11 is 4.99. The van der Waals surface area contributed by atoms with Gasteiger partial charge in [-0.2, -0.15) is 0 Å². The van der Waals surface area contributed by atoms with E-state index in [0.29, 0.717) is 0 Å². The Labute approximate surface area is 64.6 Å². The molecule has 0 fully saturated rings. The molecule has 0 saturated carbocycles. The van der Waals surface area contributed by atoms with E-state index in [1.54, 1.807) is 11.6 Å². The van der Waals surface area contributed by atoms with Gasteiger partial charge in [0.05, 0.1) is 0 Å². The third-order valence-electron chi connectivity index (χ3n) is 0.734. The van der Waals surface area contributed by atoms with Crippen LogP contribution < -0.4 is 4.72 Å². The zero-order valence-corrected chi connectivity index (χ0v) is 7.00. The van der Waals surface area contributed by atoms with Crippen molar-refractivity contribution in [3.8, 4) is 0 Å². The van der Waals surface area contributed by atoms with Gasteiger partial charge in [-0.15, -0.1) is 11.6 Å². The molecule has 60 valence electrons. The molecular weight excluding hydrogens is 178 g/mol. The lowest BCUT2D eigenvalue weighted by Gasteiger charge is -1.99. The third kappa shape index (κ3) is 3.68. The first kappa shape index (κ1) is 9.71. The summed E-state index contributed by atoms with van der Waals surface area (Å²) in [6, 6.07) is 0. The van der Waals surface area contributed by atoms with Crippen LogP contribution in [0.4, 0.5) is 0 Å². The van der Waals surface area contributed by atoms with Crippen molar-refractivity contribution in [2.75, 3.05) is 5.21 Å². The monoisotopic (exact) mass is 185 g/mol. The van der Waals surface area contributed by atoms with Crippen LogP contribution in [0.2, 0.25) is 0 Å². The lowest BCUT2D eigenvalue weighted by atomic mass is 10.5. The number of sulfonamides is 1.